The monoisotopic (exact) mass is 322 g/mol. The smallest absolute Gasteiger partial charge is 0.262 e. The summed E-state index contributed by atoms with van der Waals surface area (Å²) in [7, 11) is 0. The third kappa shape index (κ3) is 4.27. The van der Waals surface area contributed by atoms with Crippen molar-refractivity contribution >= 4 is 15.9 Å². The molecule has 0 bridgehead atoms. The van der Waals surface area contributed by atoms with E-state index in [0.29, 0.717) is 4.47 Å². The van der Waals surface area contributed by atoms with Gasteiger partial charge in [0.05, 0.1) is 4.47 Å². The Morgan fingerprint density at radius 1 is 1.12 bits per heavy atom. The highest BCUT2D eigenvalue weighted by atomic mass is 79.9. The van der Waals surface area contributed by atoms with Gasteiger partial charge in [0.1, 0.15) is 0 Å². The van der Waals surface area contributed by atoms with E-state index in [1.165, 1.54) is 0 Å². The summed E-state index contributed by atoms with van der Waals surface area (Å²) in [4.78, 5) is 16.7. The Morgan fingerprint density at radius 2 is 1.71 bits per heavy atom. The van der Waals surface area contributed by atoms with Gasteiger partial charge in [-0.05, 0) is 33.1 Å². The van der Waals surface area contributed by atoms with Gasteiger partial charge in [0.2, 0.25) is 0 Å². The fourth-order valence-corrected chi connectivity index (χ4v) is 1.56. The van der Waals surface area contributed by atoms with Crippen molar-refractivity contribution in [3.05, 3.63) is 51.6 Å². The van der Waals surface area contributed by atoms with Crippen molar-refractivity contribution in [1.29, 1.82) is 0 Å². The number of hydrogen-bond donors (Lipinski definition) is 1. The van der Waals surface area contributed by atoms with Crippen LogP contribution in [0, 0.1) is 0 Å². The fourth-order valence-electron chi connectivity index (χ4n) is 1.20. The topological polar surface area (TPSA) is 110 Å². The molecule has 0 aromatic carbocycles. The molecule has 94 valence electrons. The third-order valence-electron chi connectivity index (χ3n) is 1.91. The lowest BCUT2D eigenvalue weighted by atomic mass is 10.1. The standard InChI is InChI=1S/C10H7BrN2O.ClH.2H2O/c11-9-5-8(6-13-10(9)14)7-1-3-12-4-2-7;;;/h1-6H,(H,13,14);1H;2*1H2. The van der Waals surface area contributed by atoms with Crippen LogP contribution in [0.4, 0.5) is 0 Å². The zero-order chi connectivity index (χ0) is 9.97. The molecule has 0 aliphatic carbocycles. The molecule has 2 aromatic heterocycles. The first-order valence-corrected chi connectivity index (χ1v) is 4.91. The molecule has 5 nitrogen and oxygen atoms in total. The zero-order valence-corrected chi connectivity index (χ0v) is 11.0. The molecule has 0 saturated heterocycles. The summed E-state index contributed by atoms with van der Waals surface area (Å²) in [5.41, 5.74) is 1.92. The van der Waals surface area contributed by atoms with E-state index in [2.05, 4.69) is 25.9 Å². The van der Waals surface area contributed by atoms with Crippen molar-refractivity contribution in [2.24, 2.45) is 0 Å². The summed E-state index contributed by atoms with van der Waals surface area (Å²) in [6, 6.07) is 5.69. The maximum absolute atomic E-state index is 11.1. The Labute approximate surface area is 112 Å². The molecule has 0 amide bonds. The third-order valence-corrected chi connectivity index (χ3v) is 2.50. The molecule has 0 saturated carbocycles. The van der Waals surface area contributed by atoms with Crippen molar-refractivity contribution < 1.29 is 28.3 Å². The minimum atomic E-state index is -0.115. The van der Waals surface area contributed by atoms with Gasteiger partial charge in [0, 0.05) is 18.3 Å². The molecule has 0 unspecified atom stereocenters. The quantitative estimate of drug-likeness (QED) is 0.592. The van der Waals surface area contributed by atoms with Gasteiger partial charge in [0.25, 0.3) is 5.56 Å². The second-order valence-corrected chi connectivity index (χ2v) is 3.71. The van der Waals surface area contributed by atoms with Crippen LogP contribution in [-0.4, -0.2) is 15.9 Å². The molecule has 2 aromatic rings. The van der Waals surface area contributed by atoms with E-state index >= 15 is 0 Å². The average Bonchev–Trinajstić information content (AvgIpc) is 2.23. The summed E-state index contributed by atoms with van der Waals surface area (Å²) in [6.45, 7) is 0. The first-order chi connectivity index (χ1) is 6.77. The van der Waals surface area contributed by atoms with Crippen LogP contribution < -0.4 is 23.0 Å². The van der Waals surface area contributed by atoms with Crippen LogP contribution in [0.5, 0.6) is 0 Å². The van der Waals surface area contributed by atoms with Crippen LogP contribution >= 0.6 is 15.9 Å². The number of hydrogen-bond acceptors (Lipinski definition) is 1. The van der Waals surface area contributed by atoms with E-state index in [1.807, 2.05) is 24.5 Å². The van der Waals surface area contributed by atoms with E-state index in [0.717, 1.165) is 11.1 Å². The molecule has 2 heterocycles. The van der Waals surface area contributed by atoms with Crippen LogP contribution in [0.1, 0.15) is 0 Å². The van der Waals surface area contributed by atoms with E-state index in [9.17, 15) is 4.79 Å². The number of aromatic amines is 2. The second-order valence-electron chi connectivity index (χ2n) is 2.85. The first-order valence-electron chi connectivity index (χ1n) is 4.12. The molecular formula is C10H12BrClN2O3. The van der Waals surface area contributed by atoms with Crippen LogP contribution in [0.2, 0.25) is 0 Å². The summed E-state index contributed by atoms with van der Waals surface area (Å²) >= 11 is 3.19. The van der Waals surface area contributed by atoms with Crippen molar-refractivity contribution in [3.63, 3.8) is 0 Å². The van der Waals surface area contributed by atoms with Gasteiger partial charge in [-0.1, -0.05) is 0 Å². The molecule has 6 N–H and O–H groups in total. The van der Waals surface area contributed by atoms with Crippen molar-refractivity contribution in [2.75, 3.05) is 0 Å². The number of pyridine rings is 2. The number of aromatic nitrogens is 2. The zero-order valence-electron chi connectivity index (χ0n) is 8.63. The minimum Gasteiger partial charge on any atom is -1.00 e. The van der Waals surface area contributed by atoms with E-state index in [-0.39, 0.29) is 28.9 Å². The van der Waals surface area contributed by atoms with Crippen LogP contribution in [0.3, 0.4) is 0 Å². The van der Waals surface area contributed by atoms with Crippen LogP contribution in [0.25, 0.3) is 11.1 Å². The summed E-state index contributed by atoms with van der Waals surface area (Å²) in [5.74, 6) is 0. The lowest BCUT2D eigenvalue weighted by molar-refractivity contribution is -0.377. The summed E-state index contributed by atoms with van der Waals surface area (Å²) in [5, 5.41) is 0. The molecule has 0 spiro atoms. The predicted molar refractivity (Wildman–Crippen MR) is 64.0 cm³/mol. The average molecular weight is 324 g/mol. The van der Waals surface area contributed by atoms with E-state index in [1.54, 1.807) is 12.3 Å². The maximum Gasteiger partial charge on any atom is 0.262 e. The van der Waals surface area contributed by atoms with Gasteiger partial charge < -0.3 is 28.3 Å². The van der Waals surface area contributed by atoms with Gasteiger partial charge in [0.15, 0.2) is 12.4 Å². The van der Waals surface area contributed by atoms with Gasteiger partial charge in [-0.25, -0.2) is 4.98 Å². The first kappa shape index (κ1) is 18.2. The van der Waals surface area contributed by atoms with E-state index in [4.69, 9.17) is 0 Å². The largest absolute Gasteiger partial charge is 1.00 e. The Balaban J connectivity index is 0. The Bertz CT molecular complexity index is 504. The Kier molecular flexibility index (Phi) is 8.51. The van der Waals surface area contributed by atoms with Gasteiger partial charge in [-0.15, -0.1) is 0 Å². The lowest BCUT2D eigenvalue weighted by Crippen LogP contribution is -3.00. The normalized spacial score (nSPS) is 8.29. The molecule has 0 radical (unpaired) electrons. The second kappa shape index (κ2) is 7.97. The van der Waals surface area contributed by atoms with E-state index < -0.39 is 0 Å². The maximum atomic E-state index is 11.1. The molecule has 7 heteroatoms. The molecule has 2 rings (SSSR count). The van der Waals surface area contributed by atoms with Crippen molar-refractivity contribution in [3.8, 4) is 11.1 Å². The predicted octanol–water partition coefficient (Wildman–Crippen LogP) is -3.03. The highest BCUT2D eigenvalue weighted by molar-refractivity contribution is 9.10. The van der Waals surface area contributed by atoms with Crippen LogP contribution in [0.15, 0.2) is 46.1 Å². The molecule has 0 atom stereocenters. The minimum absolute atomic E-state index is 0. The van der Waals surface area contributed by atoms with Gasteiger partial charge in [-0.2, -0.15) is 0 Å². The van der Waals surface area contributed by atoms with Gasteiger partial charge >= 0.3 is 0 Å². The number of rotatable bonds is 1. The van der Waals surface area contributed by atoms with Crippen molar-refractivity contribution in [1.82, 2.24) is 4.98 Å². The Hall–Kier alpha value is -1.21. The Morgan fingerprint density at radius 3 is 2.24 bits per heavy atom. The molecule has 0 fully saturated rings. The number of H-pyrrole nitrogens is 2. The lowest BCUT2D eigenvalue weighted by Gasteiger charge is -1.98. The fraction of sp³-hybridized carbons (Fsp3) is 0. The molecular weight excluding hydrogens is 311 g/mol. The highest BCUT2D eigenvalue weighted by Gasteiger charge is 2.01. The molecule has 0 aliphatic heterocycles. The number of nitrogens with one attached hydrogen (secondary N) is 2. The molecule has 0 aliphatic rings. The molecule has 17 heavy (non-hydrogen) atoms. The van der Waals surface area contributed by atoms with Gasteiger partial charge in [-0.3, -0.25) is 4.79 Å². The highest BCUT2D eigenvalue weighted by Crippen LogP contribution is 2.17. The number of halogens is 2. The van der Waals surface area contributed by atoms with Crippen LogP contribution in [-0.2, 0) is 0 Å². The summed E-state index contributed by atoms with van der Waals surface area (Å²) in [6.07, 6.45) is 5.38. The summed E-state index contributed by atoms with van der Waals surface area (Å²) < 4.78 is 0.544. The SMILES string of the molecule is O.O.O=c1[nH]cc(-c2cc[nH+]cc2)cc1Br.[Cl-]. The van der Waals surface area contributed by atoms with Crippen molar-refractivity contribution in [2.45, 2.75) is 0 Å².